The van der Waals surface area contributed by atoms with Crippen LogP contribution < -0.4 is 5.32 Å². The molecule has 0 aliphatic carbocycles. The van der Waals surface area contributed by atoms with E-state index in [0.717, 1.165) is 21.9 Å². The number of H-pyrrole nitrogens is 1. The Morgan fingerprint density at radius 1 is 1.30 bits per heavy atom. The van der Waals surface area contributed by atoms with E-state index < -0.39 is 0 Å². The Morgan fingerprint density at radius 2 is 2.25 bits per heavy atom. The average Bonchev–Trinajstić information content (AvgIpc) is 3.20. The molecule has 0 saturated carbocycles. The fourth-order valence-electron chi connectivity index (χ4n) is 1.83. The van der Waals surface area contributed by atoms with Crippen molar-refractivity contribution in [3.8, 4) is 9.75 Å². The molecule has 2 N–H and O–H groups in total. The van der Waals surface area contributed by atoms with Crippen molar-refractivity contribution >= 4 is 28.6 Å². The lowest BCUT2D eigenvalue weighted by molar-refractivity contribution is 0.0958. The zero-order valence-electron chi connectivity index (χ0n) is 10.6. The van der Waals surface area contributed by atoms with Gasteiger partial charge in [0, 0.05) is 34.6 Å². The maximum atomic E-state index is 12.0. The van der Waals surface area contributed by atoms with Gasteiger partial charge >= 0.3 is 0 Å². The highest BCUT2D eigenvalue weighted by molar-refractivity contribution is 7.22. The van der Waals surface area contributed by atoms with E-state index in [2.05, 4.69) is 21.4 Å². The molecule has 0 spiro atoms. The van der Waals surface area contributed by atoms with Crippen LogP contribution in [0.3, 0.4) is 0 Å². The summed E-state index contributed by atoms with van der Waals surface area (Å²) < 4.78 is 0. The predicted octanol–water partition coefficient (Wildman–Crippen LogP) is 3.17. The number of aromatic nitrogens is 2. The molecule has 3 aromatic heterocycles. The second kappa shape index (κ2) is 6.02. The third-order valence-electron chi connectivity index (χ3n) is 2.83. The van der Waals surface area contributed by atoms with E-state index in [1.54, 1.807) is 23.9 Å². The second-order valence-electron chi connectivity index (χ2n) is 4.22. The number of nitrogens with one attached hydrogen (secondary N) is 2. The Kier molecular flexibility index (Phi) is 3.94. The Balaban J connectivity index is 1.57. The molecular formula is C14H13N3OS2. The summed E-state index contributed by atoms with van der Waals surface area (Å²) in [5.41, 5.74) is 1.02. The number of aromatic amines is 1. The Bertz CT molecular complexity index is 671. The molecule has 0 unspecified atom stereocenters. The Labute approximate surface area is 124 Å². The molecule has 0 aliphatic rings. The molecule has 1 amide bonds. The van der Waals surface area contributed by atoms with Crippen molar-refractivity contribution in [1.29, 1.82) is 0 Å². The van der Waals surface area contributed by atoms with Gasteiger partial charge in [-0.2, -0.15) is 0 Å². The lowest BCUT2D eigenvalue weighted by Gasteiger charge is -2.01. The number of nitrogens with zero attached hydrogens (tertiary/aromatic N) is 1. The molecule has 0 radical (unpaired) electrons. The van der Waals surface area contributed by atoms with Gasteiger partial charge in [-0.05, 0) is 23.6 Å². The summed E-state index contributed by atoms with van der Waals surface area (Å²) in [6, 6.07) is 7.96. The molecule has 20 heavy (non-hydrogen) atoms. The Hall–Kier alpha value is -1.92. The standard InChI is InChI=1S/C14H13N3OS2/c18-14(16-6-5-10-8-15-9-17-10)13-4-3-12(20-13)11-2-1-7-19-11/h1-4,7-9H,5-6H2,(H,15,17)(H,16,18). The molecule has 4 nitrogen and oxygen atoms in total. The first kappa shape index (κ1) is 13.1. The Morgan fingerprint density at radius 3 is 3.00 bits per heavy atom. The zero-order valence-corrected chi connectivity index (χ0v) is 12.3. The van der Waals surface area contributed by atoms with E-state index >= 15 is 0 Å². The molecule has 3 aromatic rings. The van der Waals surface area contributed by atoms with Crippen LogP contribution in [-0.2, 0) is 6.42 Å². The summed E-state index contributed by atoms with van der Waals surface area (Å²) in [6.07, 6.45) is 4.17. The second-order valence-corrected chi connectivity index (χ2v) is 6.26. The summed E-state index contributed by atoms with van der Waals surface area (Å²) in [5, 5.41) is 4.96. The van der Waals surface area contributed by atoms with Gasteiger partial charge in [0.25, 0.3) is 5.91 Å². The minimum atomic E-state index is -0.0164. The molecule has 0 bridgehead atoms. The van der Waals surface area contributed by atoms with Crippen LogP contribution >= 0.6 is 22.7 Å². The molecule has 0 aromatic carbocycles. The van der Waals surface area contributed by atoms with Crippen LogP contribution in [0, 0.1) is 0 Å². The van der Waals surface area contributed by atoms with Crippen molar-refractivity contribution in [3.63, 3.8) is 0 Å². The number of rotatable bonds is 5. The predicted molar refractivity (Wildman–Crippen MR) is 82.3 cm³/mol. The van der Waals surface area contributed by atoms with Gasteiger partial charge in [-0.25, -0.2) is 4.98 Å². The largest absolute Gasteiger partial charge is 0.351 e. The molecule has 0 saturated heterocycles. The summed E-state index contributed by atoms with van der Waals surface area (Å²) >= 11 is 3.21. The molecular weight excluding hydrogens is 290 g/mol. The van der Waals surface area contributed by atoms with Crippen molar-refractivity contribution in [1.82, 2.24) is 15.3 Å². The quantitative estimate of drug-likeness (QED) is 0.760. The molecule has 3 rings (SSSR count). The lowest BCUT2D eigenvalue weighted by atomic mass is 10.3. The fraction of sp³-hybridized carbons (Fsp3) is 0.143. The first-order chi connectivity index (χ1) is 9.83. The molecule has 6 heteroatoms. The highest BCUT2D eigenvalue weighted by atomic mass is 32.1. The van der Waals surface area contributed by atoms with Crippen LogP contribution in [0.2, 0.25) is 0 Å². The van der Waals surface area contributed by atoms with Gasteiger partial charge in [-0.3, -0.25) is 4.79 Å². The van der Waals surface area contributed by atoms with Crippen LogP contribution in [0.25, 0.3) is 9.75 Å². The molecule has 102 valence electrons. The van der Waals surface area contributed by atoms with Gasteiger partial charge in [-0.1, -0.05) is 6.07 Å². The minimum Gasteiger partial charge on any atom is -0.351 e. The van der Waals surface area contributed by atoms with Gasteiger partial charge in [0.2, 0.25) is 0 Å². The van der Waals surface area contributed by atoms with E-state index in [0.29, 0.717) is 6.54 Å². The van der Waals surface area contributed by atoms with E-state index in [1.807, 2.05) is 23.6 Å². The van der Waals surface area contributed by atoms with Crippen molar-refractivity contribution in [2.75, 3.05) is 6.54 Å². The number of hydrogen-bond donors (Lipinski definition) is 2. The zero-order chi connectivity index (χ0) is 13.8. The smallest absolute Gasteiger partial charge is 0.261 e. The van der Waals surface area contributed by atoms with Crippen LogP contribution in [0.1, 0.15) is 15.4 Å². The van der Waals surface area contributed by atoms with Gasteiger partial charge < -0.3 is 10.3 Å². The molecule has 0 aliphatic heterocycles. The number of hydrogen-bond acceptors (Lipinski definition) is 4. The van der Waals surface area contributed by atoms with Gasteiger partial charge in [-0.15, -0.1) is 22.7 Å². The topological polar surface area (TPSA) is 57.8 Å². The van der Waals surface area contributed by atoms with Crippen LogP contribution in [-0.4, -0.2) is 22.4 Å². The fourth-order valence-corrected chi connectivity index (χ4v) is 3.59. The van der Waals surface area contributed by atoms with Gasteiger partial charge in [0.05, 0.1) is 11.2 Å². The molecule has 0 atom stereocenters. The van der Waals surface area contributed by atoms with Crippen molar-refractivity contribution in [2.45, 2.75) is 6.42 Å². The molecule has 3 heterocycles. The van der Waals surface area contributed by atoms with E-state index in [4.69, 9.17) is 0 Å². The van der Waals surface area contributed by atoms with Gasteiger partial charge in [0.15, 0.2) is 0 Å². The van der Waals surface area contributed by atoms with Gasteiger partial charge in [0.1, 0.15) is 0 Å². The number of carbonyl (C=O) groups is 1. The van der Waals surface area contributed by atoms with Crippen molar-refractivity contribution < 1.29 is 4.79 Å². The molecule has 0 fully saturated rings. The average molecular weight is 303 g/mol. The summed E-state index contributed by atoms with van der Waals surface area (Å²) in [7, 11) is 0. The normalized spacial score (nSPS) is 10.6. The van der Waals surface area contributed by atoms with Crippen molar-refractivity contribution in [3.05, 3.63) is 52.7 Å². The number of thiophene rings is 2. The van der Waals surface area contributed by atoms with E-state index in [1.165, 1.54) is 16.2 Å². The van der Waals surface area contributed by atoms with Crippen molar-refractivity contribution in [2.24, 2.45) is 0 Å². The number of imidazole rings is 1. The number of amides is 1. The summed E-state index contributed by atoms with van der Waals surface area (Å²) in [5.74, 6) is -0.0164. The highest BCUT2D eigenvalue weighted by Crippen LogP contribution is 2.31. The maximum Gasteiger partial charge on any atom is 0.261 e. The van der Waals surface area contributed by atoms with Crippen LogP contribution in [0.4, 0.5) is 0 Å². The van der Waals surface area contributed by atoms with Crippen LogP contribution in [0.5, 0.6) is 0 Å². The third kappa shape index (κ3) is 2.97. The summed E-state index contributed by atoms with van der Waals surface area (Å²) in [4.78, 5) is 22.1. The minimum absolute atomic E-state index is 0.0164. The number of carbonyl (C=O) groups excluding carboxylic acids is 1. The van der Waals surface area contributed by atoms with Crippen LogP contribution in [0.15, 0.2) is 42.2 Å². The maximum absolute atomic E-state index is 12.0. The summed E-state index contributed by atoms with van der Waals surface area (Å²) in [6.45, 7) is 0.604. The first-order valence-corrected chi connectivity index (χ1v) is 7.92. The van der Waals surface area contributed by atoms with E-state index in [9.17, 15) is 4.79 Å². The third-order valence-corrected chi connectivity index (χ3v) is 4.98. The first-order valence-electron chi connectivity index (χ1n) is 6.22. The SMILES string of the molecule is O=C(NCCc1cnc[nH]1)c1ccc(-c2cccs2)s1. The highest BCUT2D eigenvalue weighted by Gasteiger charge is 2.10. The monoisotopic (exact) mass is 303 g/mol. The van der Waals surface area contributed by atoms with E-state index in [-0.39, 0.29) is 5.91 Å². The lowest BCUT2D eigenvalue weighted by Crippen LogP contribution is -2.24.